The van der Waals surface area contributed by atoms with Gasteiger partial charge in [0.05, 0.1) is 5.69 Å². The van der Waals surface area contributed by atoms with E-state index in [9.17, 15) is 4.79 Å². The molecule has 7 heteroatoms. The molecule has 0 saturated carbocycles. The number of aromatic nitrogens is 3. The van der Waals surface area contributed by atoms with Crippen LogP contribution in [0.15, 0.2) is 18.5 Å². The van der Waals surface area contributed by atoms with Crippen LogP contribution in [-0.2, 0) is 0 Å². The Morgan fingerprint density at radius 3 is 2.64 bits per heavy atom. The number of rotatable bonds is 6. The maximum absolute atomic E-state index is 12.4. The van der Waals surface area contributed by atoms with Gasteiger partial charge < -0.3 is 11.1 Å². The average molecular weight is 319 g/mol. The molecule has 1 atom stereocenters. The van der Waals surface area contributed by atoms with E-state index in [4.69, 9.17) is 5.73 Å². The maximum atomic E-state index is 12.4. The molecular weight excluding hydrogens is 298 g/mol. The summed E-state index contributed by atoms with van der Waals surface area (Å²) >= 11 is 1.30. The first-order chi connectivity index (χ1) is 10.5. The molecule has 1 amide bonds. The van der Waals surface area contributed by atoms with Gasteiger partial charge in [0.2, 0.25) is 0 Å². The Bertz CT molecular complexity index is 626. The molecule has 0 aliphatic heterocycles. The predicted octanol–water partition coefficient (Wildman–Crippen LogP) is 2.01. The number of nitrogens with one attached hydrogen (secondary N) is 1. The van der Waals surface area contributed by atoms with Crippen molar-refractivity contribution in [1.29, 1.82) is 0 Å². The van der Waals surface area contributed by atoms with Gasteiger partial charge in [-0.25, -0.2) is 15.0 Å². The first-order valence-electron chi connectivity index (χ1n) is 7.27. The van der Waals surface area contributed by atoms with Gasteiger partial charge in [-0.3, -0.25) is 4.79 Å². The van der Waals surface area contributed by atoms with Gasteiger partial charge in [-0.05, 0) is 25.3 Å². The first-order valence-corrected chi connectivity index (χ1v) is 8.08. The molecule has 2 rings (SSSR count). The summed E-state index contributed by atoms with van der Waals surface area (Å²) < 4.78 is 0. The molecule has 6 nitrogen and oxygen atoms in total. The molecule has 2 heterocycles. The van der Waals surface area contributed by atoms with Gasteiger partial charge >= 0.3 is 0 Å². The van der Waals surface area contributed by atoms with Crippen LogP contribution in [0.3, 0.4) is 0 Å². The quantitative estimate of drug-likeness (QED) is 0.849. The second-order valence-electron chi connectivity index (χ2n) is 5.54. The predicted molar refractivity (Wildman–Crippen MR) is 87.6 cm³/mol. The molecule has 0 aromatic carbocycles. The van der Waals surface area contributed by atoms with E-state index in [2.05, 4.69) is 34.1 Å². The summed E-state index contributed by atoms with van der Waals surface area (Å²) in [6.45, 7) is 6.46. The van der Waals surface area contributed by atoms with Crippen LogP contribution in [0.2, 0.25) is 0 Å². The Labute approximate surface area is 134 Å². The first kappa shape index (κ1) is 16.5. The van der Waals surface area contributed by atoms with Crippen molar-refractivity contribution in [2.75, 3.05) is 6.54 Å². The van der Waals surface area contributed by atoms with E-state index in [-0.39, 0.29) is 11.9 Å². The Balaban J connectivity index is 2.15. The van der Waals surface area contributed by atoms with Crippen molar-refractivity contribution in [3.8, 4) is 10.8 Å². The summed E-state index contributed by atoms with van der Waals surface area (Å²) in [7, 11) is 0. The third-order valence-electron chi connectivity index (χ3n) is 3.14. The lowest BCUT2D eigenvalue weighted by Gasteiger charge is -2.18. The number of thiazole rings is 1. The fraction of sp³-hybridized carbons (Fsp3) is 0.467. The normalized spacial score (nSPS) is 12.4. The van der Waals surface area contributed by atoms with Gasteiger partial charge in [-0.1, -0.05) is 13.8 Å². The minimum absolute atomic E-state index is 0.0228. The molecule has 22 heavy (non-hydrogen) atoms. The molecule has 0 aliphatic carbocycles. The van der Waals surface area contributed by atoms with E-state index >= 15 is 0 Å². The van der Waals surface area contributed by atoms with Crippen LogP contribution in [0.1, 0.15) is 35.6 Å². The standard InChI is InChI=1S/C15H21N5OS/c1-9(2)7-11(8-16)20-14(21)12-10(3)19-15(22-12)13-17-5-4-6-18-13/h4-6,9,11H,7-8,16H2,1-3H3,(H,20,21). The lowest BCUT2D eigenvalue weighted by atomic mass is 10.0. The third kappa shape index (κ3) is 4.08. The zero-order valence-corrected chi connectivity index (χ0v) is 13.9. The SMILES string of the molecule is Cc1nc(-c2ncccn2)sc1C(=O)NC(CN)CC(C)C. The molecule has 1 unspecified atom stereocenters. The lowest BCUT2D eigenvalue weighted by Crippen LogP contribution is -2.41. The lowest BCUT2D eigenvalue weighted by molar-refractivity contribution is 0.0937. The number of hydrogen-bond donors (Lipinski definition) is 2. The van der Waals surface area contributed by atoms with Crippen LogP contribution < -0.4 is 11.1 Å². The Hall–Kier alpha value is -1.86. The smallest absolute Gasteiger partial charge is 0.263 e. The highest BCUT2D eigenvalue weighted by atomic mass is 32.1. The van der Waals surface area contributed by atoms with Gasteiger partial charge in [0.1, 0.15) is 4.88 Å². The van der Waals surface area contributed by atoms with Crippen LogP contribution >= 0.6 is 11.3 Å². The molecule has 0 saturated heterocycles. The van der Waals surface area contributed by atoms with Gasteiger partial charge in [-0.15, -0.1) is 11.3 Å². The number of nitrogens with two attached hydrogens (primary N) is 1. The Morgan fingerprint density at radius 1 is 1.36 bits per heavy atom. The molecule has 0 aliphatic rings. The number of amides is 1. The summed E-state index contributed by atoms with van der Waals surface area (Å²) in [4.78, 5) is 25.7. The van der Waals surface area contributed by atoms with Crippen molar-refractivity contribution in [1.82, 2.24) is 20.3 Å². The minimum Gasteiger partial charge on any atom is -0.347 e. The van der Waals surface area contributed by atoms with Crippen molar-refractivity contribution in [3.05, 3.63) is 29.0 Å². The van der Waals surface area contributed by atoms with E-state index in [1.54, 1.807) is 18.5 Å². The van der Waals surface area contributed by atoms with E-state index in [1.807, 2.05) is 6.92 Å². The number of carbonyl (C=O) groups is 1. The summed E-state index contributed by atoms with van der Waals surface area (Å²) in [6, 6.07) is 1.72. The largest absolute Gasteiger partial charge is 0.347 e. The molecule has 0 fully saturated rings. The van der Waals surface area contributed by atoms with Crippen molar-refractivity contribution >= 4 is 17.2 Å². The zero-order chi connectivity index (χ0) is 16.1. The fourth-order valence-electron chi connectivity index (χ4n) is 2.15. The second kappa shape index (κ2) is 7.42. The number of nitrogens with zero attached hydrogens (tertiary/aromatic N) is 3. The van der Waals surface area contributed by atoms with Crippen LogP contribution in [0.25, 0.3) is 10.8 Å². The van der Waals surface area contributed by atoms with Crippen molar-refractivity contribution in [2.24, 2.45) is 11.7 Å². The molecule has 0 spiro atoms. The van der Waals surface area contributed by atoms with Gasteiger partial charge in [0.25, 0.3) is 5.91 Å². The summed E-state index contributed by atoms with van der Waals surface area (Å²) in [5.41, 5.74) is 6.42. The summed E-state index contributed by atoms with van der Waals surface area (Å²) in [6.07, 6.45) is 4.17. The van der Waals surface area contributed by atoms with Gasteiger partial charge in [0, 0.05) is 25.0 Å². The number of aryl methyl sites for hydroxylation is 1. The van der Waals surface area contributed by atoms with Crippen molar-refractivity contribution in [2.45, 2.75) is 33.2 Å². The summed E-state index contributed by atoms with van der Waals surface area (Å²) in [5.74, 6) is 0.880. The average Bonchev–Trinajstić information content (AvgIpc) is 2.89. The van der Waals surface area contributed by atoms with E-state index in [0.29, 0.717) is 33.9 Å². The molecule has 118 valence electrons. The molecule has 2 aromatic rings. The Kier molecular flexibility index (Phi) is 5.57. The molecular formula is C15H21N5OS. The Morgan fingerprint density at radius 2 is 2.05 bits per heavy atom. The topological polar surface area (TPSA) is 93.8 Å². The molecule has 2 aromatic heterocycles. The minimum atomic E-state index is -0.131. The number of carbonyl (C=O) groups excluding carboxylic acids is 1. The summed E-state index contributed by atoms with van der Waals surface area (Å²) in [5, 5.41) is 3.64. The van der Waals surface area contributed by atoms with Crippen LogP contribution in [0, 0.1) is 12.8 Å². The highest BCUT2D eigenvalue weighted by Gasteiger charge is 2.20. The highest BCUT2D eigenvalue weighted by Crippen LogP contribution is 2.25. The molecule has 0 bridgehead atoms. The zero-order valence-electron chi connectivity index (χ0n) is 13.0. The maximum Gasteiger partial charge on any atom is 0.263 e. The third-order valence-corrected chi connectivity index (χ3v) is 4.29. The number of hydrogen-bond acceptors (Lipinski definition) is 6. The van der Waals surface area contributed by atoms with Gasteiger partial charge in [-0.2, -0.15) is 0 Å². The van der Waals surface area contributed by atoms with Crippen molar-refractivity contribution < 1.29 is 4.79 Å². The second-order valence-corrected chi connectivity index (χ2v) is 6.54. The van der Waals surface area contributed by atoms with Crippen LogP contribution in [0.5, 0.6) is 0 Å². The monoisotopic (exact) mass is 319 g/mol. The van der Waals surface area contributed by atoms with E-state index in [1.165, 1.54) is 11.3 Å². The van der Waals surface area contributed by atoms with Gasteiger partial charge in [0.15, 0.2) is 10.8 Å². The van der Waals surface area contributed by atoms with Crippen LogP contribution in [-0.4, -0.2) is 33.4 Å². The molecule has 3 N–H and O–H groups in total. The fourth-order valence-corrected chi connectivity index (χ4v) is 3.06. The highest BCUT2D eigenvalue weighted by molar-refractivity contribution is 7.17. The molecule has 0 radical (unpaired) electrons. The van der Waals surface area contributed by atoms with E-state index in [0.717, 1.165) is 6.42 Å². The van der Waals surface area contributed by atoms with Crippen LogP contribution in [0.4, 0.5) is 0 Å². The van der Waals surface area contributed by atoms with E-state index < -0.39 is 0 Å². The van der Waals surface area contributed by atoms with Crippen molar-refractivity contribution in [3.63, 3.8) is 0 Å².